The van der Waals surface area contributed by atoms with Crippen molar-refractivity contribution in [1.82, 2.24) is 9.55 Å². The molecule has 3 heteroatoms. The third kappa shape index (κ3) is 3.97. The van der Waals surface area contributed by atoms with E-state index in [0.29, 0.717) is 0 Å². The second kappa shape index (κ2) is 10.4. The van der Waals surface area contributed by atoms with E-state index in [4.69, 9.17) is 9.40 Å². The first-order valence-corrected chi connectivity index (χ1v) is 18.0. The predicted molar refractivity (Wildman–Crippen MR) is 213 cm³/mol. The van der Waals surface area contributed by atoms with Gasteiger partial charge in [0.05, 0.1) is 27.9 Å². The lowest BCUT2D eigenvalue weighted by atomic mass is 9.80. The van der Waals surface area contributed by atoms with E-state index in [-0.39, 0.29) is 5.41 Å². The van der Waals surface area contributed by atoms with Gasteiger partial charge in [0.1, 0.15) is 5.58 Å². The fourth-order valence-corrected chi connectivity index (χ4v) is 9.07. The average molecular weight is 655 g/mol. The van der Waals surface area contributed by atoms with Crippen molar-refractivity contribution in [3.63, 3.8) is 0 Å². The fraction of sp³-hybridized carbons (Fsp3) is 0.104. The van der Waals surface area contributed by atoms with E-state index in [9.17, 15) is 0 Å². The Morgan fingerprint density at radius 3 is 2.27 bits per heavy atom. The van der Waals surface area contributed by atoms with Gasteiger partial charge in [-0.25, -0.2) is 4.98 Å². The molecule has 0 radical (unpaired) electrons. The summed E-state index contributed by atoms with van der Waals surface area (Å²) in [5, 5.41) is 5.88. The molecule has 0 aliphatic heterocycles. The zero-order valence-corrected chi connectivity index (χ0v) is 28.6. The topological polar surface area (TPSA) is 31.0 Å². The van der Waals surface area contributed by atoms with Crippen molar-refractivity contribution in [2.24, 2.45) is 0 Å². The Balaban J connectivity index is 1.20. The SMILES string of the molecule is CC1(C)C2=CCCC=C2c2cc3c4ccccc4n(-c4cccc5c4oc4cccc(-c6cc(-c7ccccc7)nc7ccccc67)c45)c3cc21. The minimum absolute atomic E-state index is 0.0523. The van der Waals surface area contributed by atoms with Crippen LogP contribution in [0.5, 0.6) is 0 Å². The average Bonchev–Trinajstić information content (AvgIpc) is 3.80. The van der Waals surface area contributed by atoms with E-state index >= 15 is 0 Å². The largest absolute Gasteiger partial charge is 0.454 e. The molecule has 0 saturated heterocycles. The van der Waals surface area contributed by atoms with Crippen molar-refractivity contribution in [3.05, 3.63) is 162 Å². The summed E-state index contributed by atoms with van der Waals surface area (Å²) in [4.78, 5) is 5.09. The Morgan fingerprint density at radius 1 is 0.608 bits per heavy atom. The number of allylic oxidation sites excluding steroid dienone is 4. The van der Waals surface area contributed by atoms with Gasteiger partial charge < -0.3 is 8.98 Å². The number of hydrogen-bond acceptors (Lipinski definition) is 2. The molecule has 0 N–H and O–H groups in total. The van der Waals surface area contributed by atoms with Gasteiger partial charge in [0.15, 0.2) is 5.58 Å². The monoisotopic (exact) mass is 654 g/mol. The minimum atomic E-state index is -0.0523. The van der Waals surface area contributed by atoms with Gasteiger partial charge in [0, 0.05) is 37.9 Å². The zero-order chi connectivity index (χ0) is 33.8. The van der Waals surface area contributed by atoms with Crippen LogP contribution in [-0.2, 0) is 5.41 Å². The van der Waals surface area contributed by atoms with Gasteiger partial charge in [-0.3, -0.25) is 0 Å². The molecular weight excluding hydrogens is 621 g/mol. The van der Waals surface area contributed by atoms with Gasteiger partial charge in [0.25, 0.3) is 0 Å². The molecule has 3 heterocycles. The van der Waals surface area contributed by atoms with Crippen LogP contribution in [0.25, 0.3) is 88.3 Å². The smallest absolute Gasteiger partial charge is 0.159 e. The Hall–Kier alpha value is -6.19. The molecule has 6 aromatic carbocycles. The van der Waals surface area contributed by atoms with Crippen LogP contribution in [0.1, 0.15) is 37.8 Å². The molecule has 242 valence electrons. The van der Waals surface area contributed by atoms with Gasteiger partial charge in [-0.2, -0.15) is 0 Å². The summed E-state index contributed by atoms with van der Waals surface area (Å²) in [6.07, 6.45) is 7.14. The van der Waals surface area contributed by atoms with Crippen LogP contribution in [0.3, 0.4) is 0 Å². The molecule has 0 bridgehead atoms. The summed E-state index contributed by atoms with van der Waals surface area (Å²) in [5.74, 6) is 0. The molecule has 2 aliphatic carbocycles. The van der Waals surface area contributed by atoms with Crippen LogP contribution in [0, 0.1) is 0 Å². The summed E-state index contributed by atoms with van der Waals surface area (Å²) >= 11 is 0. The summed E-state index contributed by atoms with van der Waals surface area (Å²) in [6, 6.07) is 48.0. The number of hydrogen-bond donors (Lipinski definition) is 0. The van der Waals surface area contributed by atoms with Gasteiger partial charge in [-0.15, -0.1) is 0 Å². The fourth-order valence-electron chi connectivity index (χ4n) is 9.07. The second-order valence-corrected chi connectivity index (χ2v) is 14.6. The highest BCUT2D eigenvalue weighted by atomic mass is 16.3. The lowest BCUT2D eigenvalue weighted by molar-refractivity contribution is 0.655. The lowest BCUT2D eigenvalue weighted by Crippen LogP contribution is -2.15. The first kappa shape index (κ1) is 28.6. The van der Waals surface area contributed by atoms with Crippen LogP contribution in [0.2, 0.25) is 0 Å². The summed E-state index contributed by atoms with van der Waals surface area (Å²) in [5.41, 5.74) is 16.2. The number of para-hydroxylation sites is 3. The van der Waals surface area contributed by atoms with Crippen LogP contribution in [-0.4, -0.2) is 9.55 Å². The quantitative estimate of drug-likeness (QED) is 0.190. The lowest BCUT2D eigenvalue weighted by Gasteiger charge is -2.23. The van der Waals surface area contributed by atoms with E-state index in [2.05, 4.69) is 158 Å². The highest BCUT2D eigenvalue weighted by molar-refractivity contribution is 6.18. The maximum atomic E-state index is 6.95. The molecule has 0 atom stereocenters. The standard InChI is InChI=1S/C48H34N2O/c1-48(2)38-21-9-6-16-30(38)36-26-37-32-18-8-11-23-42(32)50(44(37)28-39(36)48)43-24-12-20-34-46-33(19-13-25-45(46)51-47(34)43)35-27-41(29-14-4-3-5-15-29)49-40-22-10-7-17-31(35)40/h3-5,7-8,10-28H,6,9H2,1-2H3. The van der Waals surface area contributed by atoms with Crippen molar-refractivity contribution >= 4 is 60.2 Å². The van der Waals surface area contributed by atoms with Gasteiger partial charge in [-0.1, -0.05) is 117 Å². The third-order valence-electron chi connectivity index (χ3n) is 11.4. The van der Waals surface area contributed by atoms with Crippen molar-refractivity contribution in [3.8, 4) is 28.1 Å². The molecule has 0 fully saturated rings. The van der Waals surface area contributed by atoms with Crippen LogP contribution < -0.4 is 0 Å². The van der Waals surface area contributed by atoms with Crippen molar-refractivity contribution in [2.45, 2.75) is 32.1 Å². The molecule has 0 saturated carbocycles. The first-order chi connectivity index (χ1) is 25.1. The zero-order valence-electron chi connectivity index (χ0n) is 28.6. The van der Waals surface area contributed by atoms with E-state index in [1.165, 1.54) is 44.1 Å². The highest BCUT2D eigenvalue weighted by Gasteiger charge is 2.39. The van der Waals surface area contributed by atoms with Gasteiger partial charge in [-0.05, 0) is 88.7 Å². The number of benzene rings is 6. The third-order valence-corrected chi connectivity index (χ3v) is 11.4. The molecule has 11 rings (SSSR count). The predicted octanol–water partition coefficient (Wildman–Crippen LogP) is 13.0. The molecule has 3 aromatic heterocycles. The van der Waals surface area contributed by atoms with E-state index in [1.807, 2.05) is 6.07 Å². The van der Waals surface area contributed by atoms with Crippen LogP contribution in [0.4, 0.5) is 0 Å². The number of aromatic nitrogens is 2. The summed E-state index contributed by atoms with van der Waals surface area (Å²) < 4.78 is 9.39. The number of furan rings is 1. The van der Waals surface area contributed by atoms with E-state index in [1.54, 1.807) is 0 Å². The van der Waals surface area contributed by atoms with E-state index < -0.39 is 0 Å². The summed E-state index contributed by atoms with van der Waals surface area (Å²) in [6.45, 7) is 4.77. The van der Waals surface area contributed by atoms with Crippen LogP contribution in [0.15, 0.2) is 156 Å². The van der Waals surface area contributed by atoms with Crippen molar-refractivity contribution in [2.75, 3.05) is 0 Å². The Morgan fingerprint density at radius 2 is 1.37 bits per heavy atom. The van der Waals surface area contributed by atoms with Crippen molar-refractivity contribution < 1.29 is 4.42 Å². The number of pyridine rings is 1. The molecule has 51 heavy (non-hydrogen) atoms. The second-order valence-electron chi connectivity index (χ2n) is 14.6. The molecule has 3 nitrogen and oxygen atoms in total. The molecular formula is C48H34N2O. The molecule has 0 unspecified atom stereocenters. The number of rotatable bonds is 3. The number of nitrogens with zero attached hydrogens (tertiary/aromatic N) is 2. The van der Waals surface area contributed by atoms with Crippen molar-refractivity contribution in [1.29, 1.82) is 0 Å². The maximum absolute atomic E-state index is 6.95. The normalized spacial score (nSPS) is 15.1. The first-order valence-electron chi connectivity index (χ1n) is 18.0. The Bertz CT molecular complexity index is 2990. The number of fused-ring (bicyclic) bond motifs is 10. The molecule has 0 spiro atoms. The van der Waals surface area contributed by atoms with Crippen LogP contribution >= 0.6 is 0 Å². The molecule has 2 aliphatic rings. The molecule has 0 amide bonds. The maximum Gasteiger partial charge on any atom is 0.159 e. The minimum Gasteiger partial charge on any atom is -0.454 e. The van der Waals surface area contributed by atoms with Gasteiger partial charge in [0.2, 0.25) is 0 Å². The highest BCUT2D eigenvalue weighted by Crippen LogP contribution is 2.53. The van der Waals surface area contributed by atoms with Gasteiger partial charge >= 0.3 is 0 Å². The Kier molecular flexibility index (Phi) is 5.85. The van der Waals surface area contributed by atoms with E-state index in [0.717, 1.165) is 73.8 Å². The summed E-state index contributed by atoms with van der Waals surface area (Å²) in [7, 11) is 0. The Labute approximate surface area is 295 Å². The molecule has 9 aromatic rings.